The van der Waals surface area contributed by atoms with E-state index in [1.807, 2.05) is 49.1 Å². The Morgan fingerprint density at radius 1 is 1.11 bits per heavy atom. The number of fused-ring (bicyclic) bond motifs is 1. The minimum atomic E-state index is -0.511. The highest BCUT2D eigenvalue weighted by molar-refractivity contribution is 6.18. The second-order valence-electron chi connectivity index (χ2n) is 6.63. The molecule has 0 radical (unpaired) electrons. The number of nitriles is 1. The lowest BCUT2D eigenvalue weighted by atomic mass is 9.95. The highest BCUT2D eigenvalue weighted by atomic mass is 16.5. The highest BCUT2D eigenvalue weighted by Crippen LogP contribution is 2.38. The fourth-order valence-electron chi connectivity index (χ4n) is 3.33. The molecule has 0 saturated heterocycles. The molecule has 0 spiro atoms. The van der Waals surface area contributed by atoms with E-state index < -0.39 is 5.91 Å². The molecule has 1 aromatic carbocycles. The first kappa shape index (κ1) is 19.4. The van der Waals surface area contributed by atoms with Crippen LogP contribution in [0, 0.1) is 11.3 Å². The number of hydrogen-bond donors (Lipinski definition) is 0. The van der Waals surface area contributed by atoms with Crippen LogP contribution in [0.25, 0.3) is 0 Å². The second kappa shape index (κ2) is 8.13. The number of unbranched alkanes of at least 4 members (excludes halogenated alkanes) is 1. The van der Waals surface area contributed by atoms with Crippen molar-refractivity contribution in [3.63, 3.8) is 0 Å². The van der Waals surface area contributed by atoms with Crippen molar-refractivity contribution in [2.75, 3.05) is 18.0 Å². The zero-order valence-electron chi connectivity index (χ0n) is 16.4. The summed E-state index contributed by atoms with van der Waals surface area (Å²) in [5.74, 6) is 0.481. The number of carbonyl (C=O) groups is 2. The summed E-state index contributed by atoms with van der Waals surface area (Å²) < 4.78 is 5.91. The minimum Gasteiger partial charge on any atom is -0.439 e. The van der Waals surface area contributed by atoms with Gasteiger partial charge >= 0.3 is 0 Å². The quantitative estimate of drug-likeness (QED) is 0.578. The molecule has 2 aliphatic heterocycles. The number of nitrogens with zero attached hydrogens (tertiary/aromatic N) is 3. The first-order valence-corrected chi connectivity index (χ1v) is 9.47. The van der Waals surface area contributed by atoms with Crippen molar-refractivity contribution in [2.24, 2.45) is 0 Å². The molecule has 144 valence electrons. The molecule has 0 aliphatic carbocycles. The molecule has 0 saturated carbocycles. The third kappa shape index (κ3) is 3.31. The Balaban J connectivity index is 1.99. The minimum absolute atomic E-state index is 0.0170. The fraction of sp³-hybridized carbons (Fsp3) is 0.318. The van der Waals surface area contributed by atoms with Gasteiger partial charge in [-0.3, -0.25) is 14.5 Å². The number of ether oxygens (including phenoxy) is 1. The average molecular weight is 377 g/mol. The molecule has 1 aromatic rings. The summed E-state index contributed by atoms with van der Waals surface area (Å²) >= 11 is 0. The van der Waals surface area contributed by atoms with Crippen LogP contribution in [0.5, 0.6) is 5.75 Å². The van der Waals surface area contributed by atoms with Crippen LogP contribution in [0.3, 0.4) is 0 Å². The standard InChI is InChI=1S/C22H23N3O3/c1-4-6-13-25-21(26)16(15(3)17(14-23)22(25)27)11-12-20-24(5-2)18-9-7-8-10-19(18)28-20/h7-12H,4-6,13H2,1-3H3/b16-11-,20-12+. The maximum atomic E-state index is 12.9. The molecule has 0 bridgehead atoms. The van der Waals surface area contributed by atoms with E-state index in [2.05, 4.69) is 0 Å². The van der Waals surface area contributed by atoms with Crippen molar-refractivity contribution in [2.45, 2.75) is 33.6 Å². The van der Waals surface area contributed by atoms with E-state index in [9.17, 15) is 14.9 Å². The molecular weight excluding hydrogens is 354 g/mol. The van der Waals surface area contributed by atoms with Crippen molar-refractivity contribution in [1.29, 1.82) is 5.26 Å². The van der Waals surface area contributed by atoms with Gasteiger partial charge in [0.15, 0.2) is 5.75 Å². The van der Waals surface area contributed by atoms with E-state index in [1.165, 1.54) is 4.90 Å². The zero-order chi connectivity index (χ0) is 20.3. The van der Waals surface area contributed by atoms with Crippen molar-refractivity contribution in [3.05, 3.63) is 59.0 Å². The fourth-order valence-corrected chi connectivity index (χ4v) is 3.33. The van der Waals surface area contributed by atoms with E-state index in [0.717, 1.165) is 17.9 Å². The van der Waals surface area contributed by atoms with E-state index in [-0.39, 0.29) is 11.5 Å². The number of imide groups is 1. The van der Waals surface area contributed by atoms with Crippen molar-refractivity contribution in [1.82, 2.24) is 4.90 Å². The van der Waals surface area contributed by atoms with Crippen LogP contribution in [-0.4, -0.2) is 29.8 Å². The molecule has 2 aliphatic rings. The Morgan fingerprint density at radius 2 is 1.86 bits per heavy atom. The van der Waals surface area contributed by atoms with E-state index >= 15 is 0 Å². The number of allylic oxidation sites excluding steroid dienone is 2. The molecule has 6 nitrogen and oxygen atoms in total. The SMILES string of the molecule is CCCCN1C(=O)C(C#N)=C(C)/C(=C/C=C2/Oc3ccccc3N2CC)C1=O. The smallest absolute Gasteiger partial charge is 0.271 e. The van der Waals surface area contributed by atoms with E-state index in [4.69, 9.17) is 4.74 Å². The largest absolute Gasteiger partial charge is 0.439 e. The summed E-state index contributed by atoms with van der Waals surface area (Å²) in [4.78, 5) is 28.6. The van der Waals surface area contributed by atoms with Crippen LogP contribution >= 0.6 is 0 Å². The second-order valence-corrected chi connectivity index (χ2v) is 6.63. The Hall–Kier alpha value is -3.33. The van der Waals surface area contributed by atoms with E-state index in [0.29, 0.717) is 36.5 Å². The van der Waals surface area contributed by atoms with Crippen LogP contribution in [0.1, 0.15) is 33.6 Å². The Morgan fingerprint density at radius 3 is 2.54 bits per heavy atom. The normalized spacial score (nSPS) is 19.4. The molecule has 3 rings (SSSR count). The Kier molecular flexibility index (Phi) is 5.65. The van der Waals surface area contributed by atoms with Gasteiger partial charge < -0.3 is 9.64 Å². The van der Waals surface area contributed by atoms with Crippen LogP contribution in [-0.2, 0) is 9.59 Å². The summed E-state index contributed by atoms with van der Waals surface area (Å²) in [6.07, 6.45) is 4.92. The van der Waals surface area contributed by atoms with Gasteiger partial charge in [0.05, 0.1) is 5.69 Å². The van der Waals surface area contributed by atoms with Gasteiger partial charge in [0.2, 0.25) is 5.88 Å². The number of anilines is 1. The summed E-state index contributed by atoms with van der Waals surface area (Å²) in [5, 5.41) is 9.42. The first-order valence-electron chi connectivity index (χ1n) is 9.47. The predicted octanol–water partition coefficient (Wildman–Crippen LogP) is 3.68. The monoisotopic (exact) mass is 377 g/mol. The summed E-state index contributed by atoms with van der Waals surface area (Å²) in [5.41, 5.74) is 1.73. The van der Waals surface area contributed by atoms with E-state index in [1.54, 1.807) is 19.1 Å². The van der Waals surface area contributed by atoms with Gasteiger partial charge in [0.25, 0.3) is 11.8 Å². The number of para-hydroxylation sites is 2. The lowest BCUT2D eigenvalue weighted by Crippen LogP contribution is -2.43. The average Bonchev–Trinajstić information content (AvgIpc) is 3.05. The number of amides is 2. The van der Waals surface area contributed by atoms with Crippen LogP contribution < -0.4 is 9.64 Å². The summed E-state index contributed by atoms with van der Waals surface area (Å²) in [7, 11) is 0. The van der Waals surface area contributed by atoms with Crippen LogP contribution in [0.2, 0.25) is 0 Å². The lowest BCUT2D eigenvalue weighted by molar-refractivity contribution is -0.140. The molecule has 0 atom stereocenters. The van der Waals surface area contributed by atoms with Gasteiger partial charge in [0.1, 0.15) is 11.6 Å². The van der Waals surface area contributed by atoms with Gasteiger partial charge in [-0.2, -0.15) is 5.26 Å². The maximum absolute atomic E-state index is 12.9. The van der Waals surface area contributed by atoms with Crippen molar-refractivity contribution >= 4 is 17.5 Å². The van der Waals surface area contributed by atoms with Gasteiger partial charge in [-0.25, -0.2) is 0 Å². The Labute approximate surface area is 165 Å². The van der Waals surface area contributed by atoms with Gasteiger partial charge in [-0.15, -0.1) is 0 Å². The molecule has 28 heavy (non-hydrogen) atoms. The highest BCUT2D eigenvalue weighted by Gasteiger charge is 2.35. The van der Waals surface area contributed by atoms with Crippen molar-refractivity contribution in [3.8, 4) is 11.8 Å². The molecule has 0 aromatic heterocycles. The third-order valence-electron chi connectivity index (χ3n) is 4.91. The molecule has 0 unspecified atom stereocenters. The molecule has 2 amide bonds. The molecule has 6 heteroatoms. The van der Waals surface area contributed by atoms with Crippen LogP contribution in [0.4, 0.5) is 5.69 Å². The first-order chi connectivity index (χ1) is 13.5. The molecule has 2 heterocycles. The van der Waals surface area contributed by atoms with Gasteiger partial charge in [-0.05, 0) is 50.1 Å². The molecule has 0 fully saturated rings. The van der Waals surface area contributed by atoms with Crippen molar-refractivity contribution < 1.29 is 14.3 Å². The lowest BCUT2D eigenvalue weighted by Gasteiger charge is -2.27. The number of hydrogen-bond acceptors (Lipinski definition) is 5. The van der Waals surface area contributed by atoms with Gasteiger partial charge in [0, 0.05) is 18.7 Å². The zero-order valence-corrected chi connectivity index (χ0v) is 16.4. The number of rotatable bonds is 5. The topological polar surface area (TPSA) is 73.6 Å². The molecular formula is C22H23N3O3. The maximum Gasteiger partial charge on any atom is 0.271 e. The molecule has 0 N–H and O–H groups in total. The summed E-state index contributed by atoms with van der Waals surface area (Å²) in [6, 6.07) is 9.67. The van der Waals surface area contributed by atoms with Crippen LogP contribution in [0.15, 0.2) is 59.0 Å². The Bertz CT molecular complexity index is 950. The summed E-state index contributed by atoms with van der Waals surface area (Å²) in [6.45, 7) is 6.66. The number of benzene rings is 1. The predicted molar refractivity (Wildman–Crippen MR) is 106 cm³/mol. The van der Waals surface area contributed by atoms with Gasteiger partial charge in [-0.1, -0.05) is 25.5 Å². The number of carbonyl (C=O) groups excluding carboxylic acids is 2. The third-order valence-corrected chi connectivity index (χ3v) is 4.91.